The summed E-state index contributed by atoms with van der Waals surface area (Å²) < 4.78 is 30.7. The molecular formula is C20H20N2O4S. The van der Waals surface area contributed by atoms with Gasteiger partial charge in [0.2, 0.25) is 15.9 Å². The third-order valence-corrected chi connectivity index (χ3v) is 4.62. The molecule has 7 heteroatoms. The van der Waals surface area contributed by atoms with Crippen molar-refractivity contribution in [3.05, 3.63) is 66.2 Å². The Morgan fingerprint density at radius 1 is 1.00 bits per heavy atom. The molecule has 1 amide bonds. The minimum absolute atomic E-state index is 0.164. The zero-order chi connectivity index (χ0) is 19.4. The molecule has 27 heavy (non-hydrogen) atoms. The molecule has 6 nitrogen and oxygen atoms in total. The van der Waals surface area contributed by atoms with E-state index in [-0.39, 0.29) is 18.0 Å². The molecule has 0 aliphatic heterocycles. The van der Waals surface area contributed by atoms with Gasteiger partial charge in [-0.05, 0) is 28.5 Å². The van der Waals surface area contributed by atoms with Gasteiger partial charge in [-0.3, -0.25) is 9.52 Å². The predicted molar refractivity (Wildman–Crippen MR) is 108 cm³/mol. The van der Waals surface area contributed by atoms with E-state index in [9.17, 15) is 13.2 Å². The zero-order valence-electron chi connectivity index (χ0n) is 15.0. The Kier molecular flexibility index (Phi) is 5.32. The van der Waals surface area contributed by atoms with Crippen LogP contribution in [0, 0.1) is 0 Å². The number of fused-ring (bicyclic) bond motifs is 1. The van der Waals surface area contributed by atoms with E-state index in [0.29, 0.717) is 11.4 Å². The smallest absolute Gasteiger partial charge is 0.229 e. The third-order valence-electron chi connectivity index (χ3n) is 4.03. The SMILES string of the molecule is COc1ccc(NS(C)(=O)=O)c(NC(=O)Cc2cccc3ccccc23)c1. The number of anilines is 2. The monoisotopic (exact) mass is 384 g/mol. The van der Waals surface area contributed by atoms with Crippen molar-refractivity contribution in [3.8, 4) is 5.75 Å². The number of amides is 1. The molecule has 3 aromatic carbocycles. The molecule has 0 spiro atoms. The molecule has 0 unspecified atom stereocenters. The van der Waals surface area contributed by atoms with Gasteiger partial charge in [0.15, 0.2) is 0 Å². The van der Waals surface area contributed by atoms with Crippen LogP contribution in [0.4, 0.5) is 11.4 Å². The van der Waals surface area contributed by atoms with E-state index in [4.69, 9.17) is 4.74 Å². The summed E-state index contributed by atoms with van der Waals surface area (Å²) >= 11 is 0. The zero-order valence-corrected chi connectivity index (χ0v) is 15.8. The molecule has 140 valence electrons. The molecule has 3 aromatic rings. The number of hydrogen-bond donors (Lipinski definition) is 2. The maximum absolute atomic E-state index is 12.6. The van der Waals surface area contributed by atoms with Gasteiger partial charge in [0, 0.05) is 6.07 Å². The number of rotatable bonds is 6. The van der Waals surface area contributed by atoms with E-state index in [1.165, 1.54) is 7.11 Å². The molecule has 0 aliphatic carbocycles. The number of methoxy groups -OCH3 is 1. The first-order chi connectivity index (χ1) is 12.9. The first kappa shape index (κ1) is 18.7. The molecular weight excluding hydrogens is 364 g/mol. The Morgan fingerprint density at radius 2 is 1.74 bits per heavy atom. The topological polar surface area (TPSA) is 84.5 Å². The van der Waals surface area contributed by atoms with Crippen LogP contribution in [0.15, 0.2) is 60.7 Å². The number of nitrogens with one attached hydrogen (secondary N) is 2. The Balaban J connectivity index is 1.86. The number of ether oxygens (including phenoxy) is 1. The molecule has 0 heterocycles. The number of hydrogen-bond acceptors (Lipinski definition) is 4. The van der Waals surface area contributed by atoms with Crippen LogP contribution in [-0.4, -0.2) is 27.7 Å². The number of carbonyl (C=O) groups is 1. The molecule has 0 radical (unpaired) electrons. The summed E-state index contributed by atoms with van der Waals surface area (Å²) in [7, 11) is -1.98. The van der Waals surface area contributed by atoms with Crippen molar-refractivity contribution in [2.75, 3.05) is 23.4 Å². The first-order valence-corrected chi connectivity index (χ1v) is 10.2. The van der Waals surface area contributed by atoms with Gasteiger partial charge in [0.05, 0.1) is 31.2 Å². The molecule has 2 N–H and O–H groups in total. The van der Waals surface area contributed by atoms with Gasteiger partial charge >= 0.3 is 0 Å². The fourth-order valence-electron chi connectivity index (χ4n) is 2.86. The normalized spacial score (nSPS) is 11.2. The van der Waals surface area contributed by atoms with E-state index in [1.54, 1.807) is 18.2 Å². The van der Waals surface area contributed by atoms with Crippen LogP contribution in [0.2, 0.25) is 0 Å². The van der Waals surface area contributed by atoms with Gasteiger partial charge in [-0.15, -0.1) is 0 Å². The lowest BCUT2D eigenvalue weighted by molar-refractivity contribution is -0.115. The maximum atomic E-state index is 12.6. The summed E-state index contributed by atoms with van der Waals surface area (Å²) in [4.78, 5) is 12.6. The number of benzene rings is 3. The highest BCUT2D eigenvalue weighted by Crippen LogP contribution is 2.28. The number of sulfonamides is 1. The van der Waals surface area contributed by atoms with Gasteiger partial charge in [-0.1, -0.05) is 42.5 Å². The van der Waals surface area contributed by atoms with Crippen LogP contribution < -0.4 is 14.8 Å². The van der Waals surface area contributed by atoms with Crippen molar-refractivity contribution in [3.63, 3.8) is 0 Å². The Bertz CT molecular complexity index is 1090. The van der Waals surface area contributed by atoms with Gasteiger partial charge in [0.1, 0.15) is 5.75 Å². The molecule has 0 fully saturated rings. The first-order valence-electron chi connectivity index (χ1n) is 8.28. The fraction of sp³-hybridized carbons (Fsp3) is 0.150. The Labute approximate surface area is 158 Å². The lowest BCUT2D eigenvalue weighted by Crippen LogP contribution is -2.17. The fourth-order valence-corrected chi connectivity index (χ4v) is 3.43. The lowest BCUT2D eigenvalue weighted by atomic mass is 10.0. The average molecular weight is 384 g/mol. The highest BCUT2D eigenvalue weighted by Gasteiger charge is 2.13. The molecule has 0 aromatic heterocycles. The minimum Gasteiger partial charge on any atom is -0.497 e. The summed E-state index contributed by atoms with van der Waals surface area (Å²) in [5.74, 6) is 0.255. The summed E-state index contributed by atoms with van der Waals surface area (Å²) in [6.45, 7) is 0. The molecule has 0 saturated heterocycles. The van der Waals surface area contributed by atoms with Gasteiger partial charge < -0.3 is 10.1 Å². The van der Waals surface area contributed by atoms with E-state index in [1.807, 2.05) is 42.5 Å². The van der Waals surface area contributed by atoms with Crippen molar-refractivity contribution < 1.29 is 17.9 Å². The van der Waals surface area contributed by atoms with Crippen LogP contribution >= 0.6 is 0 Å². The van der Waals surface area contributed by atoms with Gasteiger partial charge in [-0.25, -0.2) is 8.42 Å². The summed E-state index contributed by atoms with van der Waals surface area (Å²) in [5.41, 5.74) is 1.51. The van der Waals surface area contributed by atoms with Gasteiger partial charge in [-0.2, -0.15) is 0 Å². The third kappa shape index (κ3) is 4.77. The highest BCUT2D eigenvalue weighted by atomic mass is 32.2. The standard InChI is InChI=1S/C20H20N2O4S/c1-26-16-10-11-18(22-27(2,24)25)19(13-16)21-20(23)12-15-8-5-7-14-6-3-4-9-17(14)15/h3-11,13,22H,12H2,1-2H3,(H,21,23). The van der Waals surface area contributed by atoms with Gasteiger partial charge in [0.25, 0.3) is 0 Å². The van der Waals surface area contributed by atoms with Crippen molar-refractivity contribution in [2.24, 2.45) is 0 Å². The molecule has 0 atom stereocenters. The van der Waals surface area contributed by atoms with Crippen molar-refractivity contribution in [1.82, 2.24) is 0 Å². The largest absolute Gasteiger partial charge is 0.497 e. The highest BCUT2D eigenvalue weighted by molar-refractivity contribution is 7.92. The second-order valence-electron chi connectivity index (χ2n) is 6.15. The van der Waals surface area contributed by atoms with Crippen LogP contribution in [-0.2, 0) is 21.2 Å². The predicted octanol–water partition coefficient (Wildman–Crippen LogP) is 3.40. The van der Waals surface area contributed by atoms with E-state index in [2.05, 4.69) is 10.0 Å². The van der Waals surface area contributed by atoms with Crippen LogP contribution in [0.3, 0.4) is 0 Å². The quantitative estimate of drug-likeness (QED) is 0.682. The average Bonchev–Trinajstić information content (AvgIpc) is 2.62. The van der Waals surface area contributed by atoms with Crippen LogP contribution in [0.25, 0.3) is 10.8 Å². The van der Waals surface area contributed by atoms with Crippen LogP contribution in [0.5, 0.6) is 5.75 Å². The van der Waals surface area contributed by atoms with E-state index >= 15 is 0 Å². The minimum atomic E-state index is -3.48. The second kappa shape index (κ2) is 7.67. The summed E-state index contributed by atoms with van der Waals surface area (Å²) in [5, 5.41) is 4.84. The van der Waals surface area contributed by atoms with E-state index in [0.717, 1.165) is 22.6 Å². The van der Waals surface area contributed by atoms with Crippen molar-refractivity contribution >= 4 is 38.1 Å². The molecule has 3 rings (SSSR count). The molecule has 0 bridgehead atoms. The Morgan fingerprint density at radius 3 is 2.48 bits per heavy atom. The molecule has 0 aliphatic rings. The van der Waals surface area contributed by atoms with Crippen LogP contribution in [0.1, 0.15) is 5.56 Å². The Hall–Kier alpha value is -3.06. The van der Waals surface area contributed by atoms with Crippen molar-refractivity contribution in [2.45, 2.75) is 6.42 Å². The summed E-state index contributed by atoms with van der Waals surface area (Å²) in [6.07, 6.45) is 1.22. The second-order valence-corrected chi connectivity index (χ2v) is 7.90. The molecule has 0 saturated carbocycles. The lowest BCUT2D eigenvalue weighted by Gasteiger charge is -2.14. The summed E-state index contributed by atoms with van der Waals surface area (Å²) in [6, 6.07) is 18.4. The number of carbonyl (C=O) groups excluding carboxylic acids is 1. The van der Waals surface area contributed by atoms with E-state index < -0.39 is 10.0 Å². The maximum Gasteiger partial charge on any atom is 0.229 e. The van der Waals surface area contributed by atoms with Crippen molar-refractivity contribution in [1.29, 1.82) is 0 Å².